The van der Waals surface area contributed by atoms with Crippen molar-refractivity contribution in [3.63, 3.8) is 0 Å². The Kier molecular flexibility index (Phi) is 3.93. The molecule has 0 unspecified atom stereocenters. The number of methoxy groups -OCH3 is 2. The highest BCUT2D eigenvalue weighted by atomic mass is 16.5. The number of benzene rings is 2. The summed E-state index contributed by atoms with van der Waals surface area (Å²) in [6.45, 7) is 0. The van der Waals surface area contributed by atoms with Crippen molar-refractivity contribution in [3.05, 3.63) is 64.0 Å². The van der Waals surface area contributed by atoms with Crippen LogP contribution in [0.4, 0.5) is 0 Å². The third-order valence-electron chi connectivity index (χ3n) is 3.67. The quantitative estimate of drug-likeness (QED) is 0.801. The van der Waals surface area contributed by atoms with Gasteiger partial charge in [0.2, 0.25) is 0 Å². The van der Waals surface area contributed by atoms with Crippen molar-refractivity contribution in [2.24, 2.45) is 0 Å². The molecule has 2 aromatic carbocycles. The van der Waals surface area contributed by atoms with Gasteiger partial charge in [-0.2, -0.15) is 0 Å². The Balaban J connectivity index is 2.00. The van der Waals surface area contributed by atoms with E-state index in [0.717, 1.165) is 5.56 Å². The van der Waals surface area contributed by atoms with Gasteiger partial charge >= 0.3 is 0 Å². The number of aromatic hydroxyl groups is 1. The van der Waals surface area contributed by atoms with Crippen LogP contribution in [0.2, 0.25) is 0 Å². The highest BCUT2D eigenvalue weighted by Gasteiger charge is 2.10. The molecule has 0 saturated heterocycles. The minimum atomic E-state index is -0.110. The van der Waals surface area contributed by atoms with Crippen molar-refractivity contribution < 1.29 is 19.0 Å². The molecule has 118 valence electrons. The molecule has 0 aliphatic carbocycles. The molecule has 1 aromatic heterocycles. The van der Waals surface area contributed by atoms with Gasteiger partial charge in [0, 0.05) is 18.1 Å². The summed E-state index contributed by atoms with van der Waals surface area (Å²) in [6.07, 6.45) is 1.85. The summed E-state index contributed by atoms with van der Waals surface area (Å²) in [5.41, 5.74) is 1.70. The van der Waals surface area contributed by atoms with E-state index in [-0.39, 0.29) is 11.2 Å². The third-order valence-corrected chi connectivity index (χ3v) is 3.67. The molecule has 1 heterocycles. The Labute approximate surface area is 132 Å². The Hall–Kier alpha value is -2.95. The predicted molar refractivity (Wildman–Crippen MR) is 86.5 cm³/mol. The summed E-state index contributed by atoms with van der Waals surface area (Å²) < 4.78 is 15.9. The number of hydrogen-bond acceptors (Lipinski definition) is 5. The first-order chi connectivity index (χ1) is 11.1. The largest absolute Gasteiger partial charge is 0.508 e. The van der Waals surface area contributed by atoms with E-state index in [4.69, 9.17) is 13.9 Å². The molecule has 5 nitrogen and oxygen atoms in total. The molecular weight excluding hydrogens is 296 g/mol. The van der Waals surface area contributed by atoms with Crippen LogP contribution in [0.5, 0.6) is 17.2 Å². The maximum Gasteiger partial charge on any atom is 0.196 e. The molecule has 23 heavy (non-hydrogen) atoms. The van der Waals surface area contributed by atoms with Crippen LogP contribution < -0.4 is 14.9 Å². The lowest BCUT2D eigenvalue weighted by Gasteiger charge is -2.09. The van der Waals surface area contributed by atoms with Crippen molar-refractivity contribution in [1.29, 1.82) is 0 Å². The second-order valence-corrected chi connectivity index (χ2v) is 5.14. The monoisotopic (exact) mass is 312 g/mol. The SMILES string of the molecule is COc1ccc(Cc2coc3cc(O)ccc3c2=O)cc1OC. The highest BCUT2D eigenvalue weighted by molar-refractivity contribution is 5.78. The summed E-state index contributed by atoms with van der Waals surface area (Å²) in [5.74, 6) is 1.31. The van der Waals surface area contributed by atoms with Crippen LogP contribution in [0.15, 0.2) is 51.9 Å². The first kappa shape index (κ1) is 15.0. The lowest BCUT2D eigenvalue weighted by molar-refractivity contribution is 0.354. The Morgan fingerprint density at radius 1 is 1.04 bits per heavy atom. The number of phenols is 1. The molecule has 3 rings (SSSR count). The van der Waals surface area contributed by atoms with E-state index in [0.29, 0.717) is 34.5 Å². The van der Waals surface area contributed by atoms with E-state index in [9.17, 15) is 9.90 Å². The van der Waals surface area contributed by atoms with Crippen molar-refractivity contribution in [2.45, 2.75) is 6.42 Å². The van der Waals surface area contributed by atoms with Crippen LogP contribution in [0.3, 0.4) is 0 Å². The minimum Gasteiger partial charge on any atom is -0.508 e. The zero-order valence-corrected chi connectivity index (χ0v) is 12.8. The molecule has 3 aromatic rings. The molecule has 0 atom stereocenters. The summed E-state index contributed by atoms with van der Waals surface area (Å²) in [5, 5.41) is 9.89. The lowest BCUT2D eigenvalue weighted by Crippen LogP contribution is -2.09. The molecule has 0 amide bonds. The summed E-state index contributed by atoms with van der Waals surface area (Å²) >= 11 is 0. The number of phenolic OH excluding ortho intramolecular Hbond substituents is 1. The summed E-state index contributed by atoms with van der Waals surface area (Å²) in [4.78, 5) is 12.5. The molecule has 0 spiro atoms. The maximum atomic E-state index is 12.5. The number of fused-ring (bicyclic) bond motifs is 1. The number of ether oxygens (including phenoxy) is 2. The van der Waals surface area contributed by atoms with Crippen LogP contribution in [-0.2, 0) is 6.42 Å². The van der Waals surface area contributed by atoms with Gasteiger partial charge < -0.3 is 19.0 Å². The smallest absolute Gasteiger partial charge is 0.196 e. The second kappa shape index (κ2) is 6.04. The van der Waals surface area contributed by atoms with Crippen LogP contribution in [0, 0.1) is 0 Å². The van der Waals surface area contributed by atoms with Crippen molar-refractivity contribution in [3.8, 4) is 17.2 Å². The summed E-state index contributed by atoms with van der Waals surface area (Å²) in [7, 11) is 3.14. The topological polar surface area (TPSA) is 68.9 Å². The second-order valence-electron chi connectivity index (χ2n) is 5.14. The van der Waals surface area contributed by atoms with Crippen molar-refractivity contribution >= 4 is 11.0 Å². The Morgan fingerprint density at radius 3 is 2.57 bits per heavy atom. The molecule has 0 aliphatic heterocycles. The Bertz CT molecular complexity index is 911. The normalized spacial score (nSPS) is 10.7. The Morgan fingerprint density at radius 2 is 1.83 bits per heavy atom. The number of rotatable bonds is 4. The fraction of sp³-hybridized carbons (Fsp3) is 0.167. The first-order valence-corrected chi connectivity index (χ1v) is 7.06. The lowest BCUT2D eigenvalue weighted by atomic mass is 10.0. The van der Waals surface area contributed by atoms with Gasteiger partial charge in [0.15, 0.2) is 16.9 Å². The van der Waals surface area contributed by atoms with Crippen LogP contribution in [-0.4, -0.2) is 19.3 Å². The molecule has 0 radical (unpaired) electrons. The molecule has 5 heteroatoms. The molecule has 0 saturated carbocycles. The van der Waals surface area contributed by atoms with E-state index >= 15 is 0 Å². The van der Waals surface area contributed by atoms with Crippen LogP contribution >= 0.6 is 0 Å². The van der Waals surface area contributed by atoms with E-state index in [1.54, 1.807) is 26.4 Å². The van der Waals surface area contributed by atoms with Crippen molar-refractivity contribution in [1.82, 2.24) is 0 Å². The van der Waals surface area contributed by atoms with Gasteiger partial charge in [-0.3, -0.25) is 4.79 Å². The van der Waals surface area contributed by atoms with E-state index in [1.807, 2.05) is 12.1 Å². The molecular formula is C18H16O5. The summed E-state index contributed by atoms with van der Waals surface area (Å²) in [6, 6.07) is 9.97. The van der Waals surface area contributed by atoms with Gasteiger partial charge in [0.05, 0.1) is 25.9 Å². The van der Waals surface area contributed by atoms with Gasteiger partial charge in [-0.1, -0.05) is 6.07 Å². The first-order valence-electron chi connectivity index (χ1n) is 7.06. The van der Waals surface area contributed by atoms with Gasteiger partial charge in [-0.05, 0) is 29.8 Å². The third kappa shape index (κ3) is 2.85. The molecule has 0 aliphatic rings. The van der Waals surface area contributed by atoms with Gasteiger partial charge in [0.25, 0.3) is 0 Å². The predicted octanol–water partition coefficient (Wildman–Crippen LogP) is 3.11. The zero-order chi connectivity index (χ0) is 16.4. The maximum absolute atomic E-state index is 12.5. The average molecular weight is 312 g/mol. The van der Waals surface area contributed by atoms with Crippen LogP contribution in [0.25, 0.3) is 11.0 Å². The van der Waals surface area contributed by atoms with Gasteiger partial charge in [-0.25, -0.2) is 0 Å². The van der Waals surface area contributed by atoms with Crippen LogP contribution in [0.1, 0.15) is 11.1 Å². The average Bonchev–Trinajstić information content (AvgIpc) is 2.57. The van der Waals surface area contributed by atoms with Gasteiger partial charge in [0.1, 0.15) is 11.3 Å². The molecule has 0 fully saturated rings. The fourth-order valence-electron chi connectivity index (χ4n) is 2.49. The standard InChI is InChI=1S/C18H16O5/c1-21-15-6-3-11(8-17(15)22-2)7-12-10-23-16-9-13(19)4-5-14(16)18(12)20/h3-6,8-10,19H,7H2,1-2H3. The molecule has 1 N–H and O–H groups in total. The minimum absolute atomic E-state index is 0.0632. The van der Waals surface area contributed by atoms with Crippen molar-refractivity contribution in [2.75, 3.05) is 14.2 Å². The van der Waals surface area contributed by atoms with E-state index in [1.165, 1.54) is 18.4 Å². The zero-order valence-electron chi connectivity index (χ0n) is 12.8. The molecule has 0 bridgehead atoms. The van der Waals surface area contributed by atoms with E-state index < -0.39 is 0 Å². The number of hydrogen-bond donors (Lipinski definition) is 1. The van der Waals surface area contributed by atoms with Gasteiger partial charge in [-0.15, -0.1) is 0 Å². The van der Waals surface area contributed by atoms with E-state index in [2.05, 4.69) is 0 Å². The fourth-order valence-corrected chi connectivity index (χ4v) is 2.49. The highest BCUT2D eigenvalue weighted by Crippen LogP contribution is 2.28.